The summed E-state index contributed by atoms with van der Waals surface area (Å²) in [6.07, 6.45) is 0.613. The number of carbonyl (C=O) groups excluding carboxylic acids is 4. The van der Waals surface area contributed by atoms with E-state index in [1.807, 2.05) is 68.1 Å². The molecule has 4 aromatic carbocycles. The molecule has 2 aliphatic heterocycles. The number of ether oxygens (including phenoxy) is 5. The SMILES string of the molecule is C=CC(=O)N1CCN(c2nc(NCCC(=O)N(C)CCOCCOCCOCCOCCOc3cc(-c4scnc4C)ccc3CNC(=O)[C@@H]3C[C@@H](O)CN3C(=O)[C@H](c3cc(C)no3)C(C)C)nc3c(F)c(-c4cc(O)cc5ccccc45)c(Cl)cc23)CC1. The van der Waals surface area contributed by atoms with Crippen LogP contribution in [0.1, 0.15) is 55.3 Å². The Morgan fingerprint density at radius 3 is 2.29 bits per heavy atom. The molecule has 0 bridgehead atoms. The number of likely N-dealkylation sites (N-methyl/N-ethyl adjacent to an activating group) is 1. The van der Waals surface area contributed by atoms with E-state index in [1.165, 1.54) is 28.4 Å². The van der Waals surface area contributed by atoms with Crippen molar-refractivity contribution in [2.45, 2.75) is 65.1 Å². The topological polar surface area (TPSA) is 257 Å². The zero-order valence-electron chi connectivity index (χ0n) is 50.7. The van der Waals surface area contributed by atoms with Gasteiger partial charge in [0.2, 0.25) is 29.6 Å². The Kier molecular flexibility index (Phi) is 22.9. The number of hydrogen-bond acceptors (Lipinski definition) is 19. The summed E-state index contributed by atoms with van der Waals surface area (Å²) in [5.74, 6) is -1.07. The molecule has 0 unspecified atom stereocenters. The Balaban J connectivity index is 0.670. The molecule has 0 saturated carbocycles. The Morgan fingerprint density at radius 2 is 1.62 bits per heavy atom. The maximum atomic E-state index is 17.0. The van der Waals surface area contributed by atoms with Gasteiger partial charge in [-0.05, 0) is 72.0 Å². The highest BCUT2D eigenvalue weighted by molar-refractivity contribution is 7.13. The normalized spacial score (nSPS) is 15.5. The number of phenols is 1. The Bertz CT molecular complexity index is 3620. The van der Waals surface area contributed by atoms with E-state index in [9.17, 15) is 29.4 Å². The van der Waals surface area contributed by atoms with Crippen LogP contribution in [0.15, 0.2) is 89.4 Å². The van der Waals surface area contributed by atoms with Gasteiger partial charge >= 0.3 is 0 Å². The monoisotopic (exact) mass is 1260 g/mol. The first kappa shape index (κ1) is 65.6. The zero-order chi connectivity index (χ0) is 63.1. The maximum absolute atomic E-state index is 17.0. The molecule has 4 N–H and O–H groups in total. The van der Waals surface area contributed by atoms with Crippen molar-refractivity contribution >= 4 is 80.0 Å². The number of nitrogens with one attached hydrogen (secondary N) is 2. The zero-order valence-corrected chi connectivity index (χ0v) is 52.2. The number of rotatable bonds is 30. The third-order valence-electron chi connectivity index (χ3n) is 15.5. The second-order valence-corrected chi connectivity index (χ2v) is 23.4. The third kappa shape index (κ3) is 16.5. The molecular weight excluding hydrogens is 1190 g/mol. The van der Waals surface area contributed by atoms with Crippen LogP contribution in [0.25, 0.3) is 43.2 Å². The number of nitrogens with zero attached hydrogens (tertiary/aromatic N) is 8. The highest BCUT2D eigenvalue weighted by Crippen LogP contribution is 2.43. The molecule has 3 aromatic heterocycles. The molecule has 7 aromatic rings. The molecule has 89 heavy (non-hydrogen) atoms. The average Bonchev–Trinajstić information content (AvgIpc) is 1.96. The van der Waals surface area contributed by atoms with Crippen molar-refractivity contribution in [1.82, 2.24) is 40.1 Å². The van der Waals surface area contributed by atoms with E-state index in [0.29, 0.717) is 117 Å². The number of fused-ring (bicyclic) bond motifs is 2. The van der Waals surface area contributed by atoms with Gasteiger partial charge in [-0.15, -0.1) is 11.3 Å². The van der Waals surface area contributed by atoms with Crippen molar-refractivity contribution in [1.29, 1.82) is 0 Å². The van der Waals surface area contributed by atoms with Crippen LogP contribution in [0.5, 0.6) is 11.5 Å². The van der Waals surface area contributed by atoms with Crippen molar-refractivity contribution in [2.75, 3.05) is 123 Å². The van der Waals surface area contributed by atoms with E-state index in [1.54, 1.807) is 47.5 Å². The lowest BCUT2D eigenvalue weighted by molar-refractivity contribution is -0.141. The first-order valence-corrected chi connectivity index (χ1v) is 31.0. The minimum atomic E-state index is -0.874. The van der Waals surface area contributed by atoms with Crippen LogP contribution in [0, 0.1) is 25.6 Å². The molecule has 9 rings (SSSR count). The molecule has 474 valence electrons. The summed E-state index contributed by atoms with van der Waals surface area (Å²) in [5.41, 5.74) is 5.43. The molecule has 5 heterocycles. The molecule has 2 aliphatic rings. The molecule has 22 nitrogen and oxygen atoms in total. The number of benzene rings is 4. The fourth-order valence-corrected chi connectivity index (χ4v) is 12.0. The Hall–Kier alpha value is -7.84. The van der Waals surface area contributed by atoms with Crippen LogP contribution in [-0.4, -0.2) is 193 Å². The van der Waals surface area contributed by atoms with Crippen LogP contribution < -0.4 is 20.3 Å². The van der Waals surface area contributed by atoms with Crippen LogP contribution in [0.3, 0.4) is 0 Å². The molecule has 2 saturated heterocycles. The number of aliphatic hydroxyl groups excluding tert-OH is 1. The van der Waals surface area contributed by atoms with Gasteiger partial charge in [-0.3, -0.25) is 19.2 Å². The van der Waals surface area contributed by atoms with Crippen LogP contribution in [-0.2, 0) is 44.7 Å². The number of hydrogen-bond donors (Lipinski definition) is 4. The van der Waals surface area contributed by atoms with E-state index >= 15 is 4.39 Å². The molecule has 3 atom stereocenters. The quantitative estimate of drug-likeness (QED) is 0.0246. The summed E-state index contributed by atoms with van der Waals surface area (Å²) in [6.45, 7) is 16.1. The number of aliphatic hydroxyl groups is 1. The maximum Gasteiger partial charge on any atom is 0.246 e. The summed E-state index contributed by atoms with van der Waals surface area (Å²) >= 11 is 8.41. The van der Waals surface area contributed by atoms with Crippen molar-refractivity contribution in [2.24, 2.45) is 5.92 Å². The molecule has 0 radical (unpaired) electrons. The number of phenolic OH excluding ortho intramolecular Hbond substituents is 1. The predicted molar refractivity (Wildman–Crippen MR) is 337 cm³/mol. The van der Waals surface area contributed by atoms with Gasteiger partial charge in [0, 0.05) is 94.8 Å². The lowest BCUT2D eigenvalue weighted by atomic mass is 9.91. The average molecular weight is 1260 g/mol. The highest BCUT2D eigenvalue weighted by Gasteiger charge is 2.43. The number of aryl methyl sites for hydroxylation is 2. The smallest absolute Gasteiger partial charge is 0.246 e. The predicted octanol–water partition coefficient (Wildman–Crippen LogP) is 7.93. The molecule has 0 spiro atoms. The number of aromatic hydroxyl groups is 1. The van der Waals surface area contributed by atoms with Gasteiger partial charge in [0.15, 0.2) is 5.82 Å². The fraction of sp³-hybridized carbons (Fsp3) is 0.438. The number of carbonyl (C=O) groups is 4. The standard InChI is InChI=1S/C64H76ClFN10O12S/c1-7-54(79)74-16-18-75(19-17-74)61-49-35-50(65)57(48-33-45(77)31-42-10-8-9-11-47(42)48)58(66)59(49)70-64(71-61)67-15-14-55(80)73(6)20-21-83-22-23-84-24-25-85-26-27-86-28-29-87-52-32-43(60-41(5)69-38-89-60)12-13-44(52)36-68-62(81)51-34-46(78)37-76(51)63(82)56(39(2)3)53-30-40(4)72-88-53/h7-13,30-33,35,38-39,46,51,56,77-78H,1,14-29,34,36-37H2,2-6H3,(H,68,81)(H,67,70,71)/t46-,51+,56+/m1/s1. The number of β-amino-alcohol motifs (C(OH)–C–C–N with tert-alkyl or cyclic N) is 1. The fourth-order valence-electron chi connectivity index (χ4n) is 10.9. The van der Waals surface area contributed by atoms with Gasteiger partial charge in [0.25, 0.3) is 0 Å². The first-order chi connectivity index (χ1) is 43.0. The van der Waals surface area contributed by atoms with E-state index in [4.69, 9.17) is 44.8 Å². The summed E-state index contributed by atoms with van der Waals surface area (Å²) < 4.78 is 51.6. The molecule has 2 fully saturated rings. The lowest BCUT2D eigenvalue weighted by Crippen LogP contribution is -2.48. The van der Waals surface area contributed by atoms with Gasteiger partial charge in [-0.2, -0.15) is 4.98 Å². The van der Waals surface area contributed by atoms with Crippen molar-refractivity contribution in [3.8, 4) is 33.1 Å². The second kappa shape index (κ2) is 31.1. The summed E-state index contributed by atoms with van der Waals surface area (Å²) in [5, 5.41) is 33.2. The summed E-state index contributed by atoms with van der Waals surface area (Å²) in [7, 11) is 1.68. The number of halogens is 2. The van der Waals surface area contributed by atoms with E-state index in [2.05, 4.69) is 32.3 Å². The van der Waals surface area contributed by atoms with Gasteiger partial charge in [0.1, 0.15) is 47.2 Å². The van der Waals surface area contributed by atoms with Crippen molar-refractivity contribution in [3.05, 3.63) is 118 Å². The number of amides is 4. The lowest BCUT2D eigenvalue weighted by Gasteiger charge is -2.35. The van der Waals surface area contributed by atoms with Gasteiger partial charge in [-0.1, -0.05) is 73.6 Å². The molecular formula is C64H76ClFN10O12S. The number of thiazole rings is 1. The Morgan fingerprint density at radius 1 is 0.910 bits per heavy atom. The number of aromatic nitrogens is 4. The van der Waals surface area contributed by atoms with E-state index in [0.717, 1.165) is 21.7 Å². The van der Waals surface area contributed by atoms with Gasteiger partial charge < -0.3 is 68.7 Å². The number of likely N-dealkylation sites (tertiary alicyclic amines) is 1. The van der Waals surface area contributed by atoms with Crippen molar-refractivity contribution in [3.63, 3.8) is 0 Å². The molecule has 4 amide bonds. The minimum Gasteiger partial charge on any atom is -0.508 e. The van der Waals surface area contributed by atoms with E-state index < -0.39 is 23.9 Å². The van der Waals surface area contributed by atoms with E-state index in [-0.39, 0.29) is 110 Å². The third-order valence-corrected chi connectivity index (χ3v) is 16.8. The largest absolute Gasteiger partial charge is 0.508 e. The second-order valence-electron chi connectivity index (χ2n) is 22.1. The van der Waals surface area contributed by atoms with Crippen molar-refractivity contribution < 1.29 is 62.0 Å². The minimum absolute atomic E-state index is 0.0000687. The molecule has 25 heteroatoms. The van der Waals surface area contributed by atoms with Crippen LogP contribution in [0.2, 0.25) is 5.02 Å². The number of piperazine rings is 1. The van der Waals surface area contributed by atoms with Gasteiger partial charge in [0.05, 0.1) is 85.8 Å². The van der Waals surface area contributed by atoms with Crippen LogP contribution >= 0.6 is 22.9 Å². The van der Waals surface area contributed by atoms with Crippen LogP contribution in [0.4, 0.5) is 16.2 Å². The Labute approximate surface area is 524 Å². The summed E-state index contributed by atoms with van der Waals surface area (Å²) in [4.78, 5) is 74.7. The first-order valence-electron chi connectivity index (χ1n) is 29.7. The van der Waals surface area contributed by atoms with Gasteiger partial charge in [-0.25, -0.2) is 14.4 Å². The summed E-state index contributed by atoms with van der Waals surface area (Å²) in [6, 6.07) is 18.6. The highest BCUT2D eigenvalue weighted by atomic mass is 35.5. The molecule has 0 aliphatic carbocycles. The number of anilines is 2.